The molecule has 2 rings (SSSR count). The summed E-state index contributed by atoms with van der Waals surface area (Å²) < 4.78 is 0. The molecule has 1 aliphatic rings. The Kier molecular flexibility index (Phi) is 10.5. The summed E-state index contributed by atoms with van der Waals surface area (Å²) in [6.45, 7) is 8.27. The van der Waals surface area contributed by atoms with Crippen molar-refractivity contribution in [1.29, 1.82) is 0 Å². The lowest BCUT2D eigenvalue weighted by Gasteiger charge is -2.24. The van der Waals surface area contributed by atoms with Crippen molar-refractivity contribution in [2.45, 2.75) is 45.2 Å². The Morgan fingerprint density at radius 1 is 1.31 bits per heavy atom. The first-order chi connectivity index (χ1) is 12.0. The van der Waals surface area contributed by atoms with Gasteiger partial charge in [0.1, 0.15) is 0 Å². The van der Waals surface area contributed by atoms with Crippen LogP contribution in [-0.2, 0) is 6.42 Å². The fourth-order valence-corrected chi connectivity index (χ4v) is 3.55. The monoisotopic (exact) mass is 473 g/mol. The minimum absolute atomic E-state index is 0. The van der Waals surface area contributed by atoms with Crippen molar-refractivity contribution >= 4 is 29.9 Å². The van der Waals surface area contributed by atoms with Crippen molar-refractivity contribution in [2.75, 3.05) is 40.3 Å². The van der Waals surface area contributed by atoms with Crippen LogP contribution in [0.1, 0.15) is 43.9 Å². The quantitative estimate of drug-likeness (QED) is 0.347. The van der Waals surface area contributed by atoms with E-state index in [4.69, 9.17) is 5.73 Å². The van der Waals surface area contributed by atoms with Crippen molar-refractivity contribution in [2.24, 2.45) is 10.7 Å². The van der Waals surface area contributed by atoms with Gasteiger partial charge in [-0.25, -0.2) is 0 Å². The lowest BCUT2D eigenvalue weighted by atomic mass is 10.0. The number of halogens is 1. The Morgan fingerprint density at radius 3 is 2.58 bits per heavy atom. The molecule has 0 radical (unpaired) electrons. The lowest BCUT2D eigenvalue weighted by molar-refractivity contribution is 0.267. The van der Waals surface area contributed by atoms with Gasteiger partial charge >= 0.3 is 0 Å². The van der Waals surface area contributed by atoms with Gasteiger partial charge in [0, 0.05) is 12.6 Å². The standard InChI is InChI=1S/C20H35N5.HI/c1-5-16-9-11-17(12-10-16)19(24(3)4)15-23-20(21)22-14-18-8-7-13-25(18)6-2;/h9-12,18-19H,5-8,13-15H2,1-4H3,(H3,21,22,23);1H. The molecule has 0 spiro atoms. The molecule has 1 fully saturated rings. The third-order valence-electron chi connectivity index (χ3n) is 5.25. The third-order valence-corrected chi connectivity index (χ3v) is 5.25. The number of aryl methyl sites for hydroxylation is 1. The van der Waals surface area contributed by atoms with E-state index in [1.165, 1.54) is 30.5 Å². The molecule has 26 heavy (non-hydrogen) atoms. The maximum Gasteiger partial charge on any atom is 0.188 e. The largest absolute Gasteiger partial charge is 0.370 e. The van der Waals surface area contributed by atoms with Gasteiger partial charge in [0.25, 0.3) is 0 Å². The first-order valence-corrected chi connectivity index (χ1v) is 9.58. The van der Waals surface area contributed by atoms with E-state index in [2.05, 4.69) is 72.3 Å². The Morgan fingerprint density at radius 2 is 2.00 bits per heavy atom. The minimum atomic E-state index is 0. The molecule has 5 nitrogen and oxygen atoms in total. The number of hydrogen-bond donors (Lipinski definition) is 2. The fourth-order valence-electron chi connectivity index (χ4n) is 3.55. The van der Waals surface area contributed by atoms with Crippen LogP contribution < -0.4 is 11.1 Å². The molecule has 0 bridgehead atoms. The van der Waals surface area contributed by atoms with Crippen molar-refractivity contribution < 1.29 is 0 Å². The van der Waals surface area contributed by atoms with Gasteiger partial charge in [-0.15, -0.1) is 24.0 Å². The van der Waals surface area contributed by atoms with Crippen molar-refractivity contribution in [3.63, 3.8) is 0 Å². The van der Waals surface area contributed by atoms with Gasteiger partial charge in [-0.2, -0.15) is 0 Å². The molecule has 1 aromatic rings. The highest BCUT2D eigenvalue weighted by atomic mass is 127. The number of aliphatic imine (C=N–C) groups is 1. The smallest absolute Gasteiger partial charge is 0.188 e. The zero-order chi connectivity index (χ0) is 18.2. The molecular weight excluding hydrogens is 437 g/mol. The summed E-state index contributed by atoms with van der Waals surface area (Å²) in [5.41, 5.74) is 8.76. The molecule has 2 atom stereocenters. The van der Waals surface area contributed by atoms with Crippen LogP contribution in [0, 0.1) is 0 Å². The highest BCUT2D eigenvalue weighted by Gasteiger charge is 2.22. The number of nitrogens with one attached hydrogen (secondary N) is 1. The van der Waals surface area contributed by atoms with Crippen molar-refractivity contribution in [1.82, 2.24) is 15.1 Å². The molecule has 2 unspecified atom stereocenters. The molecule has 1 heterocycles. The molecule has 0 aliphatic carbocycles. The van der Waals surface area contributed by atoms with Crippen LogP contribution in [0.2, 0.25) is 0 Å². The summed E-state index contributed by atoms with van der Waals surface area (Å²) in [5, 5.41) is 3.32. The highest BCUT2D eigenvalue weighted by molar-refractivity contribution is 14.0. The molecule has 0 saturated carbocycles. The van der Waals surface area contributed by atoms with Gasteiger partial charge in [-0.3, -0.25) is 9.89 Å². The second-order valence-corrected chi connectivity index (χ2v) is 7.11. The van der Waals surface area contributed by atoms with Crippen LogP contribution in [0.25, 0.3) is 0 Å². The Labute approximate surface area is 176 Å². The number of benzene rings is 1. The molecular formula is C20H36IN5. The van der Waals surface area contributed by atoms with Gasteiger partial charge in [0.05, 0.1) is 12.6 Å². The second-order valence-electron chi connectivity index (χ2n) is 7.11. The maximum absolute atomic E-state index is 6.11. The Bertz CT molecular complexity index is 544. The first kappa shape index (κ1) is 23.2. The van der Waals surface area contributed by atoms with E-state index in [0.717, 1.165) is 19.5 Å². The van der Waals surface area contributed by atoms with Crippen LogP contribution in [0.3, 0.4) is 0 Å². The molecule has 148 valence electrons. The van der Waals surface area contributed by atoms with Crippen LogP contribution in [0.15, 0.2) is 29.3 Å². The van der Waals surface area contributed by atoms with E-state index < -0.39 is 0 Å². The van der Waals surface area contributed by atoms with Crippen LogP contribution in [0.5, 0.6) is 0 Å². The topological polar surface area (TPSA) is 56.9 Å². The Hall–Kier alpha value is -0.860. The van der Waals surface area contributed by atoms with Gasteiger partial charge < -0.3 is 16.0 Å². The summed E-state index contributed by atoms with van der Waals surface area (Å²) in [7, 11) is 4.18. The SMILES string of the molecule is CCc1ccc(C(CN=C(N)NCC2CCCN2CC)N(C)C)cc1.I. The number of nitrogens with two attached hydrogens (primary N) is 1. The van der Waals surface area contributed by atoms with E-state index >= 15 is 0 Å². The van der Waals surface area contributed by atoms with Crippen LogP contribution in [0.4, 0.5) is 0 Å². The van der Waals surface area contributed by atoms with Crippen LogP contribution >= 0.6 is 24.0 Å². The van der Waals surface area contributed by atoms with Crippen LogP contribution in [-0.4, -0.2) is 62.1 Å². The number of guanidine groups is 1. The van der Waals surface area contributed by atoms with E-state index in [1.807, 2.05) is 0 Å². The van der Waals surface area contributed by atoms with Gasteiger partial charge in [-0.05, 0) is 57.6 Å². The number of hydrogen-bond acceptors (Lipinski definition) is 3. The van der Waals surface area contributed by atoms with E-state index in [9.17, 15) is 0 Å². The molecule has 1 aromatic carbocycles. The minimum Gasteiger partial charge on any atom is -0.370 e. The van der Waals surface area contributed by atoms with E-state index in [1.54, 1.807) is 0 Å². The van der Waals surface area contributed by atoms with Crippen molar-refractivity contribution in [3.8, 4) is 0 Å². The lowest BCUT2D eigenvalue weighted by Crippen LogP contribution is -2.43. The van der Waals surface area contributed by atoms with Gasteiger partial charge in [-0.1, -0.05) is 38.1 Å². The second kappa shape index (κ2) is 11.8. The molecule has 1 aliphatic heterocycles. The summed E-state index contributed by atoms with van der Waals surface area (Å²) >= 11 is 0. The van der Waals surface area contributed by atoms with Gasteiger partial charge in [0.2, 0.25) is 0 Å². The summed E-state index contributed by atoms with van der Waals surface area (Å²) in [6, 6.07) is 9.66. The highest BCUT2D eigenvalue weighted by Crippen LogP contribution is 2.19. The molecule has 6 heteroatoms. The average Bonchev–Trinajstić information content (AvgIpc) is 3.08. The zero-order valence-electron chi connectivity index (χ0n) is 16.7. The summed E-state index contributed by atoms with van der Waals surface area (Å²) in [4.78, 5) is 9.31. The van der Waals surface area contributed by atoms with E-state index in [0.29, 0.717) is 18.5 Å². The zero-order valence-corrected chi connectivity index (χ0v) is 19.1. The number of nitrogens with zero attached hydrogens (tertiary/aromatic N) is 3. The summed E-state index contributed by atoms with van der Waals surface area (Å²) in [5.74, 6) is 0.556. The first-order valence-electron chi connectivity index (χ1n) is 9.58. The Balaban J connectivity index is 0.00000338. The third kappa shape index (κ3) is 6.70. The summed E-state index contributed by atoms with van der Waals surface area (Å²) in [6.07, 6.45) is 3.60. The maximum atomic E-state index is 6.11. The van der Waals surface area contributed by atoms with Gasteiger partial charge in [0.15, 0.2) is 5.96 Å². The molecule has 0 amide bonds. The predicted octanol–water partition coefficient (Wildman–Crippen LogP) is 2.86. The number of rotatable bonds is 8. The van der Waals surface area contributed by atoms with Crippen molar-refractivity contribution in [3.05, 3.63) is 35.4 Å². The average molecular weight is 473 g/mol. The van der Waals surface area contributed by atoms with E-state index in [-0.39, 0.29) is 30.0 Å². The molecule has 0 aromatic heterocycles. The number of likely N-dealkylation sites (N-methyl/N-ethyl adjacent to an activating group) is 2. The predicted molar refractivity (Wildman–Crippen MR) is 122 cm³/mol. The fraction of sp³-hybridized carbons (Fsp3) is 0.650. The number of likely N-dealkylation sites (tertiary alicyclic amines) is 1. The normalized spacial score (nSPS) is 19.4. The molecule has 1 saturated heterocycles. The molecule has 3 N–H and O–H groups in total.